The molecule has 14 nitrogen and oxygen atoms in total. The molecule has 3 aromatic rings. The van der Waals surface area contributed by atoms with Crippen molar-refractivity contribution in [1.82, 2.24) is 0 Å². The number of esters is 1. The SMILES string of the molecule is O=C(OC[C@H]1O[C@@H](Oc2cc(O)cc(O)c2C(=O)c2ccc(O)cc2)[C@H](O)[C@@H](O)[C@@H]1O)c1cc(O)c(O)c(O)c1. The molecular weight excluding hydrogens is 536 g/mol. The van der Waals surface area contributed by atoms with Crippen molar-refractivity contribution in [3.63, 3.8) is 0 Å². The van der Waals surface area contributed by atoms with Crippen LogP contribution in [0.3, 0.4) is 0 Å². The Morgan fingerprint density at radius 1 is 0.725 bits per heavy atom. The first-order valence-electron chi connectivity index (χ1n) is 11.6. The van der Waals surface area contributed by atoms with Crippen molar-refractivity contribution in [2.75, 3.05) is 6.61 Å². The number of aliphatic hydroxyl groups excluding tert-OH is 3. The molecule has 0 spiro atoms. The Morgan fingerprint density at radius 2 is 1.35 bits per heavy atom. The molecule has 0 amide bonds. The molecule has 0 aromatic heterocycles. The number of rotatable bonds is 7. The van der Waals surface area contributed by atoms with Crippen LogP contribution in [-0.4, -0.2) is 95.0 Å². The van der Waals surface area contributed by atoms with E-state index in [4.69, 9.17) is 14.2 Å². The molecule has 3 aromatic carbocycles. The van der Waals surface area contributed by atoms with Gasteiger partial charge in [0.25, 0.3) is 0 Å². The van der Waals surface area contributed by atoms with Crippen LogP contribution < -0.4 is 4.74 Å². The van der Waals surface area contributed by atoms with Crippen LogP contribution in [0.2, 0.25) is 0 Å². The third-order valence-electron chi connectivity index (χ3n) is 6.02. The van der Waals surface area contributed by atoms with E-state index in [-0.39, 0.29) is 16.9 Å². The molecule has 0 bridgehead atoms. The van der Waals surface area contributed by atoms with Crippen molar-refractivity contribution in [3.05, 3.63) is 65.2 Å². The van der Waals surface area contributed by atoms with Gasteiger partial charge in [-0.3, -0.25) is 4.79 Å². The fraction of sp³-hybridized carbons (Fsp3) is 0.231. The first-order chi connectivity index (χ1) is 18.9. The summed E-state index contributed by atoms with van der Waals surface area (Å²) < 4.78 is 16.0. The third kappa shape index (κ3) is 5.64. The largest absolute Gasteiger partial charge is 0.508 e. The highest BCUT2D eigenvalue weighted by Gasteiger charge is 2.46. The molecule has 5 atom stereocenters. The highest BCUT2D eigenvalue weighted by atomic mass is 16.7. The highest BCUT2D eigenvalue weighted by Crippen LogP contribution is 2.38. The van der Waals surface area contributed by atoms with E-state index in [0.717, 1.165) is 24.3 Å². The topological polar surface area (TPSA) is 244 Å². The molecular formula is C26H24O14. The summed E-state index contributed by atoms with van der Waals surface area (Å²) in [5.41, 5.74) is -0.825. The van der Waals surface area contributed by atoms with Gasteiger partial charge in [-0.1, -0.05) is 0 Å². The molecule has 1 aliphatic heterocycles. The number of benzene rings is 3. The van der Waals surface area contributed by atoms with Crippen LogP contribution in [0.5, 0.6) is 40.2 Å². The van der Waals surface area contributed by atoms with Gasteiger partial charge in [-0.05, 0) is 36.4 Å². The summed E-state index contributed by atoms with van der Waals surface area (Å²) in [5.74, 6) is -6.24. The Morgan fingerprint density at radius 3 is 1.98 bits per heavy atom. The monoisotopic (exact) mass is 560 g/mol. The van der Waals surface area contributed by atoms with Crippen LogP contribution >= 0.6 is 0 Å². The molecule has 1 heterocycles. The van der Waals surface area contributed by atoms with Crippen LogP contribution in [0, 0.1) is 0 Å². The molecule has 4 rings (SSSR count). The Balaban J connectivity index is 1.55. The van der Waals surface area contributed by atoms with Crippen molar-refractivity contribution in [3.8, 4) is 40.2 Å². The smallest absolute Gasteiger partial charge is 0.338 e. The molecule has 1 saturated heterocycles. The lowest BCUT2D eigenvalue weighted by Gasteiger charge is -2.40. The van der Waals surface area contributed by atoms with Crippen molar-refractivity contribution in [2.45, 2.75) is 30.7 Å². The summed E-state index contributed by atoms with van der Waals surface area (Å²) in [7, 11) is 0. The maximum atomic E-state index is 13.1. The number of phenols is 6. The molecule has 0 radical (unpaired) electrons. The van der Waals surface area contributed by atoms with Gasteiger partial charge >= 0.3 is 5.97 Å². The van der Waals surface area contributed by atoms with Gasteiger partial charge < -0.3 is 60.2 Å². The zero-order valence-electron chi connectivity index (χ0n) is 20.3. The minimum atomic E-state index is -1.92. The number of hydrogen-bond acceptors (Lipinski definition) is 14. The quantitative estimate of drug-likeness (QED) is 0.106. The zero-order chi connectivity index (χ0) is 29.3. The summed E-state index contributed by atoms with van der Waals surface area (Å²) >= 11 is 0. The Labute approximate surface area is 224 Å². The Hall–Kier alpha value is -4.76. The molecule has 0 aliphatic carbocycles. The van der Waals surface area contributed by atoms with E-state index in [1.807, 2.05) is 0 Å². The molecule has 0 saturated carbocycles. The lowest BCUT2D eigenvalue weighted by Crippen LogP contribution is -2.60. The average molecular weight is 560 g/mol. The zero-order valence-corrected chi connectivity index (χ0v) is 20.3. The summed E-state index contributed by atoms with van der Waals surface area (Å²) in [5, 5.41) is 89.6. The van der Waals surface area contributed by atoms with Crippen LogP contribution in [0.15, 0.2) is 48.5 Å². The van der Waals surface area contributed by atoms with Gasteiger partial charge in [0.1, 0.15) is 59.6 Å². The minimum Gasteiger partial charge on any atom is -0.508 e. The first-order valence-corrected chi connectivity index (χ1v) is 11.6. The predicted molar refractivity (Wildman–Crippen MR) is 130 cm³/mol. The van der Waals surface area contributed by atoms with E-state index in [1.165, 1.54) is 24.3 Å². The third-order valence-corrected chi connectivity index (χ3v) is 6.02. The molecule has 1 fully saturated rings. The van der Waals surface area contributed by atoms with E-state index >= 15 is 0 Å². The maximum absolute atomic E-state index is 13.1. The number of aliphatic hydroxyl groups is 3. The van der Waals surface area contributed by atoms with Crippen LogP contribution in [0.4, 0.5) is 0 Å². The number of aromatic hydroxyl groups is 6. The normalized spacial score (nSPS) is 22.4. The van der Waals surface area contributed by atoms with Gasteiger partial charge in [0, 0.05) is 17.7 Å². The lowest BCUT2D eigenvalue weighted by molar-refractivity contribution is -0.277. The van der Waals surface area contributed by atoms with Crippen molar-refractivity contribution in [1.29, 1.82) is 0 Å². The molecule has 1 aliphatic rings. The molecule has 40 heavy (non-hydrogen) atoms. The number of carbonyl (C=O) groups is 2. The van der Waals surface area contributed by atoms with Crippen molar-refractivity contribution in [2.24, 2.45) is 0 Å². The predicted octanol–water partition coefficient (Wildman–Crippen LogP) is 0.195. The summed E-state index contributed by atoms with van der Waals surface area (Å²) in [6.45, 7) is -0.739. The van der Waals surface area contributed by atoms with Crippen LogP contribution in [0.1, 0.15) is 26.3 Å². The highest BCUT2D eigenvalue weighted by molar-refractivity contribution is 6.12. The van der Waals surface area contributed by atoms with Gasteiger partial charge in [-0.2, -0.15) is 0 Å². The van der Waals surface area contributed by atoms with Crippen molar-refractivity contribution < 1.29 is 69.8 Å². The van der Waals surface area contributed by atoms with E-state index in [9.17, 15) is 55.5 Å². The van der Waals surface area contributed by atoms with Gasteiger partial charge in [0.15, 0.2) is 17.2 Å². The van der Waals surface area contributed by atoms with E-state index in [1.54, 1.807) is 0 Å². The van der Waals surface area contributed by atoms with E-state index in [2.05, 4.69) is 0 Å². The van der Waals surface area contributed by atoms with E-state index in [0.29, 0.717) is 0 Å². The summed E-state index contributed by atoms with van der Waals surface area (Å²) in [6, 6.07) is 8.38. The fourth-order valence-electron chi connectivity index (χ4n) is 3.90. The number of ether oxygens (including phenoxy) is 3. The molecule has 9 N–H and O–H groups in total. The second-order valence-electron chi connectivity index (χ2n) is 8.81. The van der Waals surface area contributed by atoms with Gasteiger partial charge in [-0.25, -0.2) is 4.79 Å². The van der Waals surface area contributed by atoms with Crippen LogP contribution in [-0.2, 0) is 9.47 Å². The molecule has 212 valence electrons. The second-order valence-corrected chi connectivity index (χ2v) is 8.81. The van der Waals surface area contributed by atoms with Crippen molar-refractivity contribution >= 4 is 11.8 Å². The Bertz CT molecular complexity index is 1400. The van der Waals surface area contributed by atoms with Crippen LogP contribution in [0.25, 0.3) is 0 Å². The fourth-order valence-corrected chi connectivity index (χ4v) is 3.90. The maximum Gasteiger partial charge on any atom is 0.338 e. The van der Waals surface area contributed by atoms with E-state index < -0.39 is 89.1 Å². The number of ketones is 1. The average Bonchev–Trinajstić information content (AvgIpc) is 2.90. The first kappa shape index (κ1) is 28.3. The summed E-state index contributed by atoms with van der Waals surface area (Å²) in [6.07, 6.45) is -8.98. The van der Waals surface area contributed by atoms with Gasteiger partial charge in [0.2, 0.25) is 12.1 Å². The lowest BCUT2D eigenvalue weighted by atomic mass is 9.98. The number of hydrogen-bond donors (Lipinski definition) is 9. The van der Waals surface area contributed by atoms with Gasteiger partial charge in [0.05, 0.1) is 5.56 Å². The number of phenolic OH excluding ortho intramolecular Hbond substituents is 6. The summed E-state index contributed by atoms with van der Waals surface area (Å²) in [4.78, 5) is 25.5. The Kier molecular flexibility index (Phi) is 7.88. The van der Waals surface area contributed by atoms with Gasteiger partial charge in [-0.15, -0.1) is 0 Å². The molecule has 14 heteroatoms. The second kappa shape index (κ2) is 11.2. The minimum absolute atomic E-state index is 0.0142. The molecule has 0 unspecified atom stereocenters. The number of carbonyl (C=O) groups excluding carboxylic acids is 2. The standard InChI is InChI=1S/C26H24O14/c27-12-3-1-10(2-4-12)20(32)19-14(29)7-13(28)8-17(19)39-26-24(36)23(35)22(34)18(40-26)9-38-25(37)11-5-15(30)21(33)16(31)6-11/h1-8,18,22-24,26-31,33-36H,9H2/t18-,22-,23+,24-,26-/m1/s1.